The molecular weight excluding hydrogens is 1220 g/mol. The molecule has 0 spiro atoms. The van der Waals surface area contributed by atoms with Gasteiger partial charge in [-0.2, -0.15) is 0 Å². The van der Waals surface area contributed by atoms with Gasteiger partial charge in [-0.25, -0.2) is 0 Å². The topological polar surface area (TPSA) is 452 Å². The first-order valence-electron chi connectivity index (χ1n) is 32.9. The fourth-order valence-electron chi connectivity index (χ4n) is 18.6. The standard InChI is InChI=1S/C63H102O29/c1-25-47(88-52-46(79)48(30(68)24-82-52)89-51-43(76)36(69)28(66)22-81-51)42(75)45(78)53(84-25)90-49-37(70)29(67)23-83-55(49)92-57(80)63-17-15-58(2,3)19-27(63)26-9-10-34-60(6)13-12-35(59(4,5)33(60)11-14-62(34,8)61(26,7)16-18-63)87-56-50(41(74)39(72)32(21-65)86-56)91-54-44(77)40(73)38(71)31(20-64)85-54/h9,25,27-56,64-79H,10-24H2,1-8H3/t25-,27+,28-,29+,30-,31-,32-,33+,34-,35+,36+,37+,38-,39-,40+,41+,42+,43-,44-,45-,46-,47+,48+,49-,50-,51+,52+,53+,54+,55-,56+,60+,61-,62-,63+/m1/s1. The molecule has 29 heteroatoms. The number of esters is 1. The first-order valence-corrected chi connectivity index (χ1v) is 32.9. The van der Waals surface area contributed by atoms with Crippen molar-refractivity contribution in [1.29, 1.82) is 0 Å². The summed E-state index contributed by atoms with van der Waals surface area (Å²) in [5, 5.41) is 173. The lowest BCUT2D eigenvalue weighted by Crippen LogP contribution is -2.67. The molecule has 0 radical (unpaired) electrons. The molecule has 10 fully saturated rings. The van der Waals surface area contributed by atoms with E-state index in [2.05, 4.69) is 54.5 Å². The number of carbonyl (C=O) groups is 1. The second-order valence-electron chi connectivity index (χ2n) is 30.5. The van der Waals surface area contributed by atoms with Crippen molar-refractivity contribution in [1.82, 2.24) is 0 Å². The smallest absolute Gasteiger partial charge is 0.315 e. The summed E-state index contributed by atoms with van der Waals surface area (Å²) in [5.74, 6) is -0.582. The lowest BCUT2D eigenvalue weighted by Gasteiger charge is -2.71. The average Bonchev–Trinajstić information content (AvgIpc) is 0.676. The van der Waals surface area contributed by atoms with Gasteiger partial charge in [-0.3, -0.25) is 4.79 Å². The monoisotopic (exact) mass is 1320 g/mol. The van der Waals surface area contributed by atoms with Crippen LogP contribution in [0.15, 0.2) is 11.6 Å². The van der Waals surface area contributed by atoms with Gasteiger partial charge >= 0.3 is 5.97 Å². The molecule has 11 rings (SSSR count). The Kier molecular flexibility index (Phi) is 20.7. The van der Waals surface area contributed by atoms with Gasteiger partial charge in [0.25, 0.3) is 0 Å². The minimum Gasteiger partial charge on any atom is -0.432 e. The lowest BCUT2D eigenvalue weighted by molar-refractivity contribution is -0.378. The fourth-order valence-corrected chi connectivity index (χ4v) is 18.6. The summed E-state index contributed by atoms with van der Waals surface area (Å²) in [4.78, 5) is 15.5. The molecule has 11 aliphatic rings. The van der Waals surface area contributed by atoms with Gasteiger partial charge < -0.3 is 139 Å². The van der Waals surface area contributed by atoms with Crippen LogP contribution in [0.4, 0.5) is 0 Å². The molecule has 6 heterocycles. The van der Waals surface area contributed by atoms with Crippen LogP contribution in [0, 0.1) is 50.2 Å². The third-order valence-corrected chi connectivity index (χ3v) is 24.4. The highest BCUT2D eigenvalue weighted by Gasteiger charge is 2.71. The Balaban J connectivity index is 0.779. The molecule has 29 nitrogen and oxygen atoms in total. The molecule has 4 saturated carbocycles. The molecule has 5 aliphatic carbocycles. The number of allylic oxidation sites excluding steroid dienone is 2. The molecule has 0 aromatic heterocycles. The first kappa shape index (κ1) is 71.4. The van der Waals surface area contributed by atoms with E-state index in [4.69, 9.17) is 56.8 Å². The zero-order chi connectivity index (χ0) is 66.9. The number of aliphatic hydroxyl groups is 16. The minimum absolute atomic E-state index is 0.0832. The van der Waals surface area contributed by atoms with Crippen molar-refractivity contribution in [3.63, 3.8) is 0 Å². The van der Waals surface area contributed by atoms with Crippen molar-refractivity contribution in [3.8, 4) is 0 Å². The van der Waals surface area contributed by atoms with E-state index in [1.54, 1.807) is 0 Å². The van der Waals surface area contributed by atoms with Crippen molar-refractivity contribution < 1.29 is 143 Å². The predicted molar refractivity (Wildman–Crippen MR) is 309 cm³/mol. The van der Waals surface area contributed by atoms with E-state index in [0.29, 0.717) is 38.5 Å². The van der Waals surface area contributed by atoms with E-state index in [-0.39, 0.29) is 39.4 Å². The van der Waals surface area contributed by atoms with Crippen LogP contribution in [0.1, 0.15) is 120 Å². The number of ether oxygens (including phenoxy) is 12. The largest absolute Gasteiger partial charge is 0.432 e. The Morgan fingerprint density at radius 3 is 1.67 bits per heavy atom. The highest BCUT2D eigenvalue weighted by molar-refractivity contribution is 5.79. The Bertz CT molecular complexity index is 2580. The van der Waals surface area contributed by atoms with E-state index < -0.39 is 222 Å². The average molecular weight is 1320 g/mol. The summed E-state index contributed by atoms with van der Waals surface area (Å²) >= 11 is 0. The Morgan fingerprint density at radius 1 is 0.489 bits per heavy atom. The van der Waals surface area contributed by atoms with Crippen LogP contribution in [0.25, 0.3) is 0 Å². The highest BCUT2D eigenvalue weighted by atomic mass is 16.8. The Morgan fingerprint density at radius 2 is 1.01 bits per heavy atom. The molecule has 0 aromatic rings. The number of hydrogen-bond donors (Lipinski definition) is 16. The maximum Gasteiger partial charge on any atom is 0.315 e. The van der Waals surface area contributed by atoms with Crippen molar-refractivity contribution >= 4 is 5.97 Å². The van der Waals surface area contributed by atoms with Gasteiger partial charge in [0, 0.05) is 0 Å². The predicted octanol–water partition coefficient (Wildman–Crippen LogP) is -3.44. The molecule has 0 aromatic carbocycles. The maximum absolute atomic E-state index is 15.5. The van der Waals surface area contributed by atoms with Gasteiger partial charge in [-0.1, -0.05) is 60.1 Å². The molecule has 6 aliphatic heterocycles. The molecule has 16 N–H and O–H groups in total. The van der Waals surface area contributed by atoms with Crippen LogP contribution in [0.2, 0.25) is 0 Å². The molecule has 0 unspecified atom stereocenters. The van der Waals surface area contributed by atoms with Gasteiger partial charge in [-0.05, 0) is 116 Å². The fraction of sp³-hybridized carbons (Fsp3) is 0.952. The van der Waals surface area contributed by atoms with Gasteiger partial charge in [0.1, 0.15) is 116 Å². The van der Waals surface area contributed by atoms with Crippen LogP contribution >= 0.6 is 0 Å². The van der Waals surface area contributed by atoms with Crippen molar-refractivity contribution in [3.05, 3.63) is 11.6 Å². The van der Waals surface area contributed by atoms with Crippen LogP contribution < -0.4 is 0 Å². The van der Waals surface area contributed by atoms with E-state index in [9.17, 15) is 81.7 Å². The number of rotatable bonds is 14. The SMILES string of the molecule is C[C@H]1O[C@@H](O[C@H]2[C@@H](OC(=O)[C@]34CCC(C)(C)C[C@H]3C3=CC[C@@H]5[C@@]6(C)CC[C@H](O[C@@H]7O[C@H](CO)[C@@H](O)[C@H](O)[C@H]7O[C@@H]7O[C@H](CO)[C@@H](O)[C@H](O)[C@H]7O)C(C)(C)[C@@H]6CC[C@@]5(C)[C@]3(C)CC4)OC[C@H](O)[C@@H]2O)[C@H](O)[C@H](O)[C@H]1O[C@@H]1OC[C@@H](O)[C@H](O[C@@H]2OC[C@@H](O)[C@H](O)[C@H]2O)[C@H]1O. The quantitative estimate of drug-likeness (QED) is 0.0457. The van der Waals surface area contributed by atoms with E-state index >= 15 is 4.79 Å². The molecule has 92 heavy (non-hydrogen) atoms. The zero-order valence-electron chi connectivity index (χ0n) is 53.5. The lowest BCUT2D eigenvalue weighted by atomic mass is 9.33. The number of fused-ring (bicyclic) bond motifs is 7. The molecule has 528 valence electrons. The molecule has 6 saturated heterocycles. The van der Waals surface area contributed by atoms with Crippen LogP contribution in [-0.2, 0) is 61.6 Å². The second kappa shape index (κ2) is 26.7. The minimum atomic E-state index is -1.93. The van der Waals surface area contributed by atoms with Crippen molar-refractivity contribution in [2.45, 2.75) is 292 Å². The number of hydrogen-bond acceptors (Lipinski definition) is 29. The van der Waals surface area contributed by atoms with Crippen LogP contribution in [-0.4, -0.2) is 293 Å². The first-order chi connectivity index (χ1) is 43.2. The third-order valence-electron chi connectivity index (χ3n) is 24.4. The van der Waals surface area contributed by atoms with Crippen LogP contribution in [0.3, 0.4) is 0 Å². The van der Waals surface area contributed by atoms with Gasteiger partial charge in [-0.15, -0.1) is 0 Å². The third kappa shape index (κ3) is 12.2. The van der Waals surface area contributed by atoms with E-state index in [0.717, 1.165) is 25.7 Å². The van der Waals surface area contributed by atoms with Gasteiger partial charge in [0.2, 0.25) is 6.29 Å². The van der Waals surface area contributed by atoms with Crippen LogP contribution in [0.5, 0.6) is 0 Å². The summed E-state index contributed by atoms with van der Waals surface area (Å²) < 4.78 is 71.7. The Labute approximate surface area is 534 Å². The van der Waals surface area contributed by atoms with Gasteiger partial charge in [0.05, 0.1) is 50.7 Å². The van der Waals surface area contributed by atoms with E-state index in [1.807, 2.05) is 0 Å². The summed E-state index contributed by atoms with van der Waals surface area (Å²) in [5.41, 5.74) is -1.45. The zero-order valence-corrected chi connectivity index (χ0v) is 53.5. The second-order valence-corrected chi connectivity index (χ2v) is 30.5. The summed E-state index contributed by atoms with van der Waals surface area (Å²) in [6, 6.07) is 0. The van der Waals surface area contributed by atoms with Crippen molar-refractivity contribution in [2.75, 3.05) is 33.0 Å². The number of aliphatic hydroxyl groups excluding tert-OH is 16. The molecular formula is C63H102O29. The summed E-state index contributed by atoms with van der Waals surface area (Å²) in [6.07, 6.45) is -34.9. The molecule has 0 amide bonds. The Hall–Kier alpha value is -1.87. The summed E-state index contributed by atoms with van der Waals surface area (Å²) in [6.45, 7) is 14.6. The van der Waals surface area contributed by atoms with E-state index in [1.165, 1.54) is 12.5 Å². The molecule has 35 atom stereocenters. The summed E-state index contributed by atoms with van der Waals surface area (Å²) in [7, 11) is 0. The number of carbonyl (C=O) groups excluding carboxylic acids is 1. The molecule has 0 bridgehead atoms. The normalized spacial score (nSPS) is 54.3. The van der Waals surface area contributed by atoms with Crippen molar-refractivity contribution in [2.24, 2.45) is 50.2 Å². The van der Waals surface area contributed by atoms with Gasteiger partial charge in [0.15, 0.2) is 37.6 Å². The highest BCUT2D eigenvalue weighted by Crippen LogP contribution is 2.76. The maximum atomic E-state index is 15.5.